The normalized spacial score (nSPS) is 21.6. The highest BCUT2D eigenvalue weighted by atomic mass is 35.5. The van der Waals surface area contributed by atoms with E-state index in [0.717, 1.165) is 28.0 Å². The van der Waals surface area contributed by atoms with Crippen molar-refractivity contribution in [3.63, 3.8) is 0 Å². The van der Waals surface area contributed by atoms with Gasteiger partial charge in [0.2, 0.25) is 11.8 Å². The predicted molar refractivity (Wildman–Crippen MR) is 319 cm³/mol. The van der Waals surface area contributed by atoms with E-state index < -0.39 is 0 Å². The molecule has 4 aromatic heterocycles. The minimum absolute atomic E-state index is 0.164. The van der Waals surface area contributed by atoms with E-state index >= 15 is 0 Å². The molecular formula is C58H64Cl4N10O10. The molecule has 2 amide bonds. The molecule has 434 valence electrons. The molecule has 6 aromatic rings. The Labute approximate surface area is 494 Å². The van der Waals surface area contributed by atoms with Gasteiger partial charge in [-0.2, -0.15) is 0 Å². The minimum Gasteiger partial charge on any atom is -0.495 e. The summed E-state index contributed by atoms with van der Waals surface area (Å²) < 4.78 is 47.4. The largest absolute Gasteiger partial charge is 0.495 e. The van der Waals surface area contributed by atoms with Crippen LogP contribution in [-0.4, -0.2) is 149 Å². The van der Waals surface area contributed by atoms with E-state index in [9.17, 15) is 9.59 Å². The molecule has 4 aliphatic heterocycles. The molecule has 10 rings (SSSR count). The van der Waals surface area contributed by atoms with Crippen LogP contribution < -0.4 is 50.8 Å². The van der Waals surface area contributed by atoms with Crippen LogP contribution in [0.15, 0.2) is 74.1 Å². The van der Waals surface area contributed by atoms with Crippen molar-refractivity contribution in [2.24, 2.45) is 5.92 Å². The van der Waals surface area contributed by atoms with Gasteiger partial charge in [-0.05, 0) is 68.5 Å². The number of hydrogen-bond acceptors (Lipinski definition) is 18. The van der Waals surface area contributed by atoms with Gasteiger partial charge in [0.15, 0.2) is 0 Å². The molecule has 0 bridgehead atoms. The summed E-state index contributed by atoms with van der Waals surface area (Å²) in [5, 5.41) is 24.2. The van der Waals surface area contributed by atoms with Gasteiger partial charge in [0.1, 0.15) is 52.9 Å². The van der Waals surface area contributed by atoms with Crippen LogP contribution in [0.5, 0.6) is 23.0 Å². The summed E-state index contributed by atoms with van der Waals surface area (Å²) in [7, 11) is 4.55. The number of benzene rings is 2. The van der Waals surface area contributed by atoms with Crippen molar-refractivity contribution >= 4 is 103 Å². The maximum atomic E-state index is 12.3. The summed E-state index contributed by atoms with van der Waals surface area (Å²) in [5.41, 5.74) is 1.76. The third-order valence-corrected chi connectivity index (χ3v) is 16.5. The fourth-order valence-electron chi connectivity index (χ4n) is 10.6. The second kappa shape index (κ2) is 26.7. The monoisotopic (exact) mass is 1200 g/mol. The fourth-order valence-corrected chi connectivity index (χ4v) is 11.9. The molecule has 0 spiro atoms. The summed E-state index contributed by atoms with van der Waals surface area (Å²) >= 11 is 28.3. The molecule has 3 unspecified atom stereocenters. The van der Waals surface area contributed by atoms with Crippen molar-refractivity contribution < 1.29 is 47.5 Å². The molecule has 4 fully saturated rings. The van der Waals surface area contributed by atoms with Gasteiger partial charge in [-0.1, -0.05) is 59.6 Å². The second-order valence-electron chi connectivity index (χ2n) is 20.3. The molecule has 0 radical (unpaired) electrons. The number of aromatic nitrogens is 4. The zero-order chi connectivity index (χ0) is 57.4. The number of pyridine rings is 4. The summed E-state index contributed by atoms with van der Waals surface area (Å²) in [4.78, 5) is 44.4. The van der Waals surface area contributed by atoms with Crippen LogP contribution in [-0.2, 0) is 28.5 Å². The van der Waals surface area contributed by atoms with Crippen molar-refractivity contribution in [2.45, 2.75) is 68.5 Å². The van der Waals surface area contributed by atoms with Gasteiger partial charge in [-0.25, -0.2) is 19.9 Å². The summed E-state index contributed by atoms with van der Waals surface area (Å²) in [6.45, 7) is 11.5. The first-order chi connectivity index (χ1) is 39.8. The standard InChI is InChI=1S/C58H64Cl4N10O10/c1-6-49(73)69-37-11-14-79-28-41(37)67-47-18-35-31(23-63-47)17-40(71-57(35)65-22-30-10-13-78-26-30)52-55(61)45(77-5)21-46(56(52)62)81-27-34-9-8-33(82-34)25-66-58-36-19-48(68-42-29-80-15-12-38(42)70-50(74)7-2)64-24-32(36)16-39(72-58)51-53(59)43(75-3)20-44(76-4)54(51)60/h6-7,16-21,23-24,30,33-34,37-38,41-42H,1-2,8-15,22,25-29H2,3-5H3,(H,63,67)(H,64,68)(H,65,71)(H,66,72)(H,69,73)(H,70,74)/t30?,33?,34?,37-,38-,41+,42+/m0/s1. The van der Waals surface area contributed by atoms with Crippen molar-refractivity contribution in [1.29, 1.82) is 0 Å². The fraction of sp³-hybridized carbons (Fsp3) is 0.414. The molecule has 6 N–H and O–H groups in total. The average Bonchev–Trinajstić information content (AvgIpc) is 3.87. The van der Waals surface area contributed by atoms with Gasteiger partial charge in [0.25, 0.3) is 0 Å². The lowest BCUT2D eigenvalue weighted by Gasteiger charge is -2.32. The number of nitrogens with zero attached hydrogens (tertiary/aromatic N) is 4. The number of hydrogen-bond donors (Lipinski definition) is 6. The first-order valence-corrected chi connectivity index (χ1v) is 28.5. The highest BCUT2D eigenvalue weighted by molar-refractivity contribution is 6.42. The van der Waals surface area contributed by atoms with Crippen LogP contribution in [0.3, 0.4) is 0 Å². The van der Waals surface area contributed by atoms with Gasteiger partial charge in [-0.15, -0.1) is 0 Å². The zero-order valence-corrected chi connectivity index (χ0v) is 48.5. The number of carbonyl (C=O) groups is 2. The number of rotatable bonds is 22. The van der Waals surface area contributed by atoms with Gasteiger partial charge >= 0.3 is 0 Å². The Morgan fingerprint density at radius 3 is 1.54 bits per heavy atom. The minimum atomic E-state index is -0.310. The number of anilines is 4. The molecule has 4 saturated heterocycles. The maximum Gasteiger partial charge on any atom is 0.243 e. The van der Waals surface area contributed by atoms with Crippen molar-refractivity contribution in [3.05, 3.63) is 94.2 Å². The molecule has 0 saturated carbocycles. The predicted octanol–water partition coefficient (Wildman–Crippen LogP) is 9.78. The number of amides is 2. The van der Waals surface area contributed by atoms with Crippen LogP contribution in [0.1, 0.15) is 32.1 Å². The Balaban J connectivity index is 0.884. The molecule has 8 heterocycles. The van der Waals surface area contributed by atoms with Crippen LogP contribution >= 0.6 is 46.4 Å². The van der Waals surface area contributed by atoms with Crippen molar-refractivity contribution in [2.75, 3.05) is 102 Å². The number of halogens is 4. The third kappa shape index (κ3) is 13.2. The van der Waals surface area contributed by atoms with Crippen molar-refractivity contribution in [1.82, 2.24) is 30.6 Å². The number of carbonyl (C=O) groups excluding carboxylic acids is 2. The zero-order valence-electron chi connectivity index (χ0n) is 45.5. The summed E-state index contributed by atoms with van der Waals surface area (Å²) in [6, 6.07) is 9.94. The Kier molecular flexibility index (Phi) is 19.1. The molecular weight excluding hydrogens is 1140 g/mol. The Morgan fingerprint density at radius 1 is 0.585 bits per heavy atom. The molecule has 20 nitrogen and oxygen atoms in total. The molecule has 24 heteroatoms. The first-order valence-electron chi connectivity index (χ1n) is 27.0. The lowest BCUT2D eigenvalue weighted by atomic mass is 10.0. The smallest absolute Gasteiger partial charge is 0.243 e. The van der Waals surface area contributed by atoms with E-state index in [4.69, 9.17) is 104 Å². The first kappa shape index (κ1) is 58.6. The third-order valence-electron chi connectivity index (χ3n) is 15.0. The molecule has 2 aromatic carbocycles. The summed E-state index contributed by atoms with van der Waals surface area (Å²) in [5.74, 6) is 3.40. The quantitative estimate of drug-likeness (QED) is 0.0347. The van der Waals surface area contributed by atoms with Gasteiger partial charge < -0.3 is 69.8 Å². The maximum absolute atomic E-state index is 12.3. The molecule has 7 atom stereocenters. The van der Waals surface area contributed by atoms with Gasteiger partial charge in [-0.3, -0.25) is 9.59 Å². The molecule has 4 aliphatic rings. The summed E-state index contributed by atoms with van der Waals surface area (Å²) in [6.07, 6.45) is 9.01. The van der Waals surface area contributed by atoms with E-state index in [0.29, 0.717) is 147 Å². The lowest BCUT2D eigenvalue weighted by molar-refractivity contribution is -0.118. The van der Waals surface area contributed by atoms with Gasteiger partial charge in [0, 0.05) is 96.0 Å². The highest BCUT2D eigenvalue weighted by Crippen LogP contribution is 2.48. The van der Waals surface area contributed by atoms with E-state index in [1.54, 1.807) is 24.5 Å². The molecule has 82 heavy (non-hydrogen) atoms. The van der Waals surface area contributed by atoms with E-state index in [2.05, 4.69) is 45.1 Å². The van der Waals surface area contributed by atoms with Crippen LogP contribution in [0.25, 0.3) is 44.1 Å². The Morgan fingerprint density at radius 2 is 1.05 bits per heavy atom. The number of methoxy groups -OCH3 is 3. The van der Waals surface area contributed by atoms with Crippen LogP contribution in [0.2, 0.25) is 20.1 Å². The van der Waals surface area contributed by atoms with E-state index in [1.807, 2.05) is 24.3 Å². The average molecular weight is 1200 g/mol. The van der Waals surface area contributed by atoms with Crippen LogP contribution in [0, 0.1) is 5.92 Å². The van der Waals surface area contributed by atoms with Gasteiger partial charge in [0.05, 0.1) is 109 Å². The number of ether oxygens (including phenoxy) is 8. The highest BCUT2D eigenvalue weighted by Gasteiger charge is 2.32. The van der Waals surface area contributed by atoms with E-state index in [-0.39, 0.29) is 80.8 Å². The SMILES string of the molecule is C=CC(=O)N[C@H]1CCOC[C@H]1Nc1cc2c(NCC3CCC(COc4cc(OC)c(Cl)c(-c5cc6cnc(N[C@@H]7COCC[C@@H]7NC(=O)C=C)cc6c(NCC6CCOC6)n5)c4Cl)O3)nc(-c3c(Cl)c(OC)cc(OC)c3Cl)cc2cn1. The molecule has 0 aliphatic carbocycles. The number of fused-ring (bicyclic) bond motifs is 2. The Bertz CT molecular complexity index is 3330. The van der Waals surface area contributed by atoms with Crippen LogP contribution in [0.4, 0.5) is 23.3 Å². The topological polar surface area (TPSA) is 232 Å². The Hall–Kier alpha value is -6.62. The van der Waals surface area contributed by atoms with E-state index in [1.165, 1.54) is 33.5 Å². The number of nitrogens with one attached hydrogen (secondary N) is 6. The second-order valence-corrected chi connectivity index (χ2v) is 21.8. The lowest BCUT2D eigenvalue weighted by Crippen LogP contribution is -2.52. The van der Waals surface area contributed by atoms with Crippen molar-refractivity contribution in [3.8, 4) is 45.5 Å².